The summed E-state index contributed by atoms with van der Waals surface area (Å²) in [7, 11) is 0. The highest BCUT2D eigenvalue weighted by Gasteiger charge is 2.21. The van der Waals surface area contributed by atoms with Crippen molar-refractivity contribution in [1.82, 2.24) is 14.9 Å². The number of hydrogen-bond donors (Lipinski definition) is 1. The molecule has 1 unspecified atom stereocenters. The van der Waals surface area contributed by atoms with E-state index in [-0.39, 0.29) is 12.0 Å². The molecule has 1 fully saturated rings. The van der Waals surface area contributed by atoms with Gasteiger partial charge in [0, 0.05) is 19.8 Å². The highest BCUT2D eigenvalue weighted by atomic mass is 32.2. The van der Waals surface area contributed by atoms with Crippen molar-refractivity contribution >= 4 is 17.7 Å². The van der Waals surface area contributed by atoms with Gasteiger partial charge in [0.1, 0.15) is 0 Å². The zero-order valence-electron chi connectivity index (χ0n) is 18.0. The number of benzene rings is 1. The second-order valence-corrected chi connectivity index (χ2v) is 8.91. The largest absolute Gasteiger partial charge is 0.380 e. The molecule has 0 saturated carbocycles. The summed E-state index contributed by atoms with van der Waals surface area (Å²) in [5, 5.41) is 3.78. The number of imidazole rings is 1. The number of amides is 1. The normalized spacial score (nSPS) is 16.3. The summed E-state index contributed by atoms with van der Waals surface area (Å²) in [6.07, 6.45) is 5.31. The second kappa shape index (κ2) is 12.1. The number of aromatic nitrogens is 2. The monoisotopic (exact) mass is 431 g/mol. The maximum atomic E-state index is 12.2. The smallest absolute Gasteiger partial charge is 0.230 e. The summed E-state index contributed by atoms with van der Waals surface area (Å²) in [5.74, 6) is 0.971. The Morgan fingerprint density at radius 2 is 2.17 bits per heavy atom. The van der Waals surface area contributed by atoms with E-state index in [0.717, 1.165) is 55.4 Å². The molecule has 1 N–H and O–H groups in total. The number of nitrogens with one attached hydrogen (secondary N) is 1. The molecule has 0 radical (unpaired) electrons. The van der Waals surface area contributed by atoms with Crippen LogP contribution in [-0.2, 0) is 20.8 Å². The molecule has 0 bridgehead atoms. The summed E-state index contributed by atoms with van der Waals surface area (Å²) in [6.45, 7) is 7.77. The van der Waals surface area contributed by atoms with Crippen LogP contribution < -0.4 is 5.32 Å². The Balaban J connectivity index is 1.53. The van der Waals surface area contributed by atoms with Crippen molar-refractivity contribution < 1.29 is 14.3 Å². The predicted molar refractivity (Wildman–Crippen MR) is 121 cm³/mol. The quantitative estimate of drug-likeness (QED) is 0.406. The fraction of sp³-hybridized carbons (Fsp3) is 0.565. The molecule has 7 heteroatoms. The van der Waals surface area contributed by atoms with Crippen molar-refractivity contribution in [3.63, 3.8) is 0 Å². The van der Waals surface area contributed by atoms with E-state index in [2.05, 4.69) is 40.8 Å². The minimum atomic E-state index is 0.000358. The number of thioether (sulfide) groups is 1. The zero-order valence-corrected chi connectivity index (χ0v) is 18.8. The molecule has 3 rings (SSSR count). The van der Waals surface area contributed by atoms with Crippen LogP contribution in [-0.4, -0.2) is 53.7 Å². The minimum Gasteiger partial charge on any atom is -0.380 e. The Morgan fingerprint density at radius 3 is 2.90 bits per heavy atom. The number of nitrogens with zero attached hydrogens (tertiary/aromatic N) is 2. The van der Waals surface area contributed by atoms with Gasteiger partial charge in [0.25, 0.3) is 0 Å². The van der Waals surface area contributed by atoms with Crippen LogP contribution in [0.15, 0.2) is 41.7 Å². The summed E-state index contributed by atoms with van der Waals surface area (Å²) < 4.78 is 13.6. The fourth-order valence-electron chi connectivity index (χ4n) is 3.35. The standard InChI is InChI=1S/C23H33N3O3S/c1-18(2)10-13-28-14-11-24-22(27)17-30-23-25-15-21(19-7-4-3-5-8-19)26(23)16-20-9-6-12-29-20/h3-5,7-8,15,18,20H,6,9-14,16-17H2,1-2H3,(H,24,27). The molecule has 1 saturated heterocycles. The van der Waals surface area contributed by atoms with Crippen molar-refractivity contribution in [3.8, 4) is 11.3 Å². The first-order chi connectivity index (χ1) is 14.6. The van der Waals surface area contributed by atoms with Gasteiger partial charge in [0.05, 0.1) is 36.9 Å². The molecular formula is C23H33N3O3S. The van der Waals surface area contributed by atoms with E-state index in [9.17, 15) is 4.79 Å². The Bertz CT molecular complexity index is 773. The van der Waals surface area contributed by atoms with E-state index in [1.165, 1.54) is 11.8 Å². The highest BCUT2D eigenvalue weighted by Crippen LogP contribution is 2.28. The van der Waals surface area contributed by atoms with Crippen LogP contribution in [0.5, 0.6) is 0 Å². The molecule has 0 aliphatic carbocycles. The lowest BCUT2D eigenvalue weighted by Crippen LogP contribution is -2.29. The summed E-state index contributed by atoms with van der Waals surface area (Å²) in [4.78, 5) is 16.9. The average molecular weight is 432 g/mol. The molecule has 1 aliphatic heterocycles. The first-order valence-corrected chi connectivity index (χ1v) is 11.8. The van der Waals surface area contributed by atoms with Crippen LogP contribution in [0, 0.1) is 5.92 Å². The van der Waals surface area contributed by atoms with E-state index >= 15 is 0 Å². The number of carbonyl (C=O) groups is 1. The van der Waals surface area contributed by atoms with Gasteiger partial charge in [-0.2, -0.15) is 0 Å². The minimum absolute atomic E-state index is 0.000358. The van der Waals surface area contributed by atoms with Gasteiger partial charge < -0.3 is 19.4 Å². The molecular weight excluding hydrogens is 398 g/mol. The maximum Gasteiger partial charge on any atom is 0.230 e. The van der Waals surface area contributed by atoms with Gasteiger partial charge in [-0.15, -0.1) is 0 Å². The van der Waals surface area contributed by atoms with Gasteiger partial charge >= 0.3 is 0 Å². The van der Waals surface area contributed by atoms with Crippen molar-refractivity contribution in [2.24, 2.45) is 5.92 Å². The Hall–Kier alpha value is -1.83. The lowest BCUT2D eigenvalue weighted by molar-refractivity contribution is -0.118. The molecule has 164 valence electrons. The van der Waals surface area contributed by atoms with Gasteiger partial charge in [-0.3, -0.25) is 4.79 Å². The van der Waals surface area contributed by atoms with Crippen molar-refractivity contribution in [1.29, 1.82) is 0 Å². The average Bonchev–Trinajstić information content (AvgIpc) is 3.40. The van der Waals surface area contributed by atoms with Crippen molar-refractivity contribution in [3.05, 3.63) is 36.5 Å². The molecule has 2 heterocycles. The lowest BCUT2D eigenvalue weighted by Gasteiger charge is -2.16. The van der Waals surface area contributed by atoms with Crippen LogP contribution >= 0.6 is 11.8 Å². The van der Waals surface area contributed by atoms with Crippen LogP contribution in [0.4, 0.5) is 0 Å². The van der Waals surface area contributed by atoms with E-state index in [1.807, 2.05) is 24.4 Å². The Labute approximate surface area is 183 Å². The topological polar surface area (TPSA) is 65.4 Å². The van der Waals surface area contributed by atoms with Gasteiger partial charge in [0.2, 0.25) is 5.91 Å². The number of rotatable bonds is 12. The molecule has 30 heavy (non-hydrogen) atoms. The van der Waals surface area contributed by atoms with Gasteiger partial charge in [0.15, 0.2) is 5.16 Å². The molecule has 1 aromatic heterocycles. The molecule has 0 spiro atoms. The molecule has 2 aromatic rings. The summed E-state index contributed by atoms with van der Waals surface area (Å²) >= 11 is 1.47. The number of carbonyl (C=O) groups excluding carboxylic acids is 1. The molecule has 6 nitrogen and oxygen atoms in total. The van der Waals surface area contributed by atoms with E-state index in [0.29, 0.717) is 24.8 Å². The third kappa shape index (κ3) is 7.15. The van der Waals surface area contributed by atoms with E-state index in [4.69, 9.17) is 9.47 Å². The van der Waals surface area contributed by atoms with E-state index in [1.54, 1.807) is 0 Å². The van der Waals surface area contributed by atoms with Crippen LogP contribution in [0.1, 0.15) is 33.1 Å². The van der Waals surface area contributed by atoms with Crippen LogP contribution in [0.3, 0.4) is 0 Å². The molecule has 1 aliphatic rings. The van der Waals surface area contributed by atoms with Crippen LogP contribution in [0.2, 0.25) is 0 Å². The highest BCUT2D eigenvalue weighted by molar-refractivity contribution is 7.99. The van der Waals surface area contributed by atoms with Crippen molar-refractivity contribution in [2.75, 3.05) is 32.1 Å². The number of hydrogen-bond acceptors (Lipinski definition) is 5. The molecule has 1 amide bonds. The summed E-state index contributed by atoms with van der Waals surface area (Å²) in [5.41, 5.74) is 2.19. The lowest BCUT2D eigenvalue weighted by atomic mass is 10.1. The maximum absolute atomic E-state index is 12.2. The third-order valence-electron chi connectivity index (χ3n) is 5.04. The fourth-order valence-corrected chi connectivity index (χ4v) is 4.16. The third-order valence-corrected chi connectivity index (χ3v) is 6.03. The SMILES string of the molecule is CC(C)CCOCCNC(=O)CSc1ncc(-c2ccccc2)n1CC1CCCO1. The number of ether oxygens (including phenoxy) is 2. The zero-order chi connectivity index (χ0) is 21.2. The summed E-state index contributed by atoms with van der Waals surface area (Å²) in [6, 6.07) is 10.2. The Kier molecular flexibility index (Phi) is 9.24. The van der Waals surface area contributed by atoms with Crippen LogP contribution in [0.25, 0.3) is 11.3 Å². The van der Waals surface area contributed by atoms with Gasteiger partial charge in [-0.05, 0) is 30.7 Å². The molecule has 1 aromatic carbocycles. The van der Waals surface area contributed by atoms with Crippen molar-refractivity contribution in [2.45, 2.75) is 50.9 Å². The second-order valence-electron chi connectivity index (χ2n) is 7.97. The predicted octanol–water partition coefficient (Wildman–Crippen LogP) is 4.00. The molecule has 1 atom stereocenters. The van der Waals surface area contributed by atoms with Gasteiger partial charge in [-0.1, -0.05) is 55.9 Å². The first-order valence-electron chi connectivity index (χ1n) is 10.8. The first kappa shape index (κ1) is 22.8. The van der Waals surface area contributed by atoms with E-state index < -0.39 is 0 Å². The van der Waals surface area contributed by atoms with Gasteiger partial charge in [-0.25, -0.2) is 4.98 Å². The Morgan fingerprint density at radius 1 is 1.33 bits per heavy atom.